The first-order valence-electron chi connectivity index (χ1n) is 40.0. The number of carbonyl (C=O) groups excluding carboxylic acids is 14. The molecule has 2 rings (SSSR count). The number of aliphatic imine (C=N–C) groups is 1. The lowest BCUT2D eigenvalue weighted by molar-refractivity contribution is -0.174. The van der Waals surface area contributed by atoms with Gasteiger partial charge in [-0.25, -0.2) is 0 Å². The number of aliphatic hydroxyl groups is 1. The van der Waals surface area contributed by atoms with Gasteiger partial charge in [-0.15, -0.1) is 0 Å². The van der Waals surface area contributed by atoms with Crippen molar-refractivity contribution in [3.63, 3.8) is 0 Å². The maximum Gasteiger partial charge on any atom is 0.307 e. The predicted octanol–water partition coefficient (Wildman–Crippen LogP) is 5.20. The standard InChI is InChI=1S/C24H31N3O3.C18H37N5O3.C14H26N4O5.C10H20N2O.C10H18O4.C8H16O2/c1-17(28)26-20(15-18-11-7-5-8-12-18)22(29)24(2,3)27-21(23(30)25-4)16-19-13-9-6-10-14-19;1-13(24)22-14(9-5-7-11-19)16(25)18(2,3)23-15(17(26)21-4)10-6-8-12-20;1-8(20)17-9(5-6-11(15)21)12(22)14(2,3)18-10(7-19)13(23)16-4;1-6-8(3)11-10(4,5)12-9(13)7-2;1-5-8(11)10(3,4)14-7-13-9(12)6-2;1-5-7(9)8(3,4)10-6-2/h5-14,20-21,27H,15-16H2,1-4H3,(H,25,30)(H,26,28);14-15,23H,5-12,19-20H2,1-4H3,(H,21,26)(H,22,24);9-10,18-19H,5-7H2,1-4H3,(H2,15,21)(H,16,23)(H,17,20);6-7H2,1-5H3,(H,12,13);5-7H2,1-4H3;5-6H2,1-4H3/t20-,21-;14-,15-;9-,10-;;;/m000.../s1. The van der Waals surface area contributed by atoms with Gasteiger partial charge in [0.15, 0.2) is 35.7 Å². The molecule has 0 aliphatic rings. The summed E-state index contributed by atoms with van der Waals surface area (Å²) in [5.74, 6) is -3.24. The van der Waals surface area contributed by atoms with E-state index in [-0.39, 0.29) is 78.3 Å². The first-order chi connectivity index (χ1) is 53.8. The first-order valence-corrected chi connectivity index (χ1v) is 40.0. The van der Waals surface area contributed by atoms with E-state index in [0.29, 0.717) is 71.1 Å². The van der Waals surface area contributed by atoms with Gasteiger partial charge in [0, 0.05) is 86.3 Å². The zero-order valence-electron chi connectivity index (χ0n) is 74.4. The Bertz CT molecular complexity index is 3350. The highest BCUT2D eigenvalue weighted by atomic mass is 16.7. The Morgan fingerprint density at radius 2 is 0.810 bits per heavy atom. The van der Waals surface area contributed by atoms with E-state index in [9.17, 15) is 72.2 Å². The number of unbranched alkanes of at least 4 members (excludes halogenated alkanes) is 2. The highest BCUT2D eigenvalue weighted by Gasteiger charge is 2.41. The van der Waals surface area contributed by atoms with Gasteiger partial charge in [0.05, 0.1) is 53.4 Å². The molecule has 2 aromatic carbocycles. The van der Waals surface area contributed by atoms with Gasteiger partial charge in [0.2, 0.25) is 47.3 Å². The van der Waals surface area contributed by atoms with E-state index < -0.39 is 99.8 Å². The third-order valence-corrected chi connectivity index (χ3v) is 17.7. The molecule has 0 unspecified atom stereocenters. The van der Waals surface area contributed by atoms with E-state index in [1.54, 1.807) is 69.5 Å². The van der Waals surface area contributed by atoms with Gasteiger partial charge in [0.25, 0.3) is 0 Å². The summed E-state index contributed by atoms with van der Waals surface area (Å²) >= 11 is 0. The number of nitrogens with two attached hydrogens (primary N) is 3. The number of ketones is 5. The summed E-state index contributed by atoms with van der Waals surface area (Å²) in [5, 5.41) is 36.9. The maximum atomic E-state index is 13.4. The largest absolute Gasteiger partial charge is 0.438 e. The normalized spacial score (nSPS) is 13.0. The van der Waals surface area contributed by atoms with Crippen LogP contribution in [-0.4, -0.2) is 217 Å². The van der Waals surface area contributed by atoms with Crippen molar-refractivity contribution in [3.8, 4) is 0 Å². The number of primary amides is 1. The number of benzene rings is 2. The molecule has 116 heavy (non-hydrogen) atoms. The molecule has 0 aliphatic heterocycles. The van der Waals surface area contributed by atoms with E-state index in [1.807, 2.05) is 116 Å². The Balaban J connectivity index is -0.000000674. The molecular formula is C84H148N14O18. The Morgan fingerprint density at radius 3 is 1.17 bits per heavy atom. The average Bonchev–Trinajstić information content (AvgIpc) is 0.831. The van der Waals surface area contributed by atoms with Crippen molar-refractivity contribution in [3.05, 3.63) is 71.8 Å². The second-order valence-electron chi connectivity index (χ2n) is 30.6. The number of carbonyl (C=O) groups is 14. The van der Waals surface area contributed by atoms with Gasteiger partial charge in [-0.2, -0.15) is 0 Å². The molecule has 2 aromatic rings. The number of amides is 8. The van der Waals surface area contributed by atoms with E-state index in [2.05, 4.69) is 65.1 Å². The summed E-state index contributed by atoms with van der Waals surface area (Å²) in [6.07, 6.45) is 7.78. The fourth-order valence-corrected chi connectivity index (χ4v) is 11.2. The van der Waals surface area contributed by atoms with Crippen LogP contribution in [0.4, 0.5) is 0 Å². The number of hydrogen-bond acceptors (Lipinski definition) is 24. The second kappa shape index (κ2) is 59.9. The van der Waals surface area contributed by atoms with E-state index in [4.69, 9.17) is 31.4 Å². The SMILES string of the molecule is CCC(=O)NC(C)(C)N=C(C)CC.CCC(=O)OCOC(C)(C)C(=O)CC.CCOC(C)(C)C(=O)CC.CNC(=O)[C@H](CCCCN)NC(C)(C)C(=O)[C@H](CCCCN)NC(C)=O.CNC(=O)[C@H](CO)NC(C)(C)C(=O)[C@H](CCC(N)=O)NC(C)=O.CNC(=O)[C@H](Cc1ccccc1)NC(C)(C)C(=O)[C@H](Cc1ccccc1)NC(C)=O. The Kier molecular flexibility index (Phi) is 58.7. The van der Waals surface area contributed by atoms with Crippen LogP contribution in [0.15, 0.2) is 65.7 Å². The fourth-order valence-electron chi connectivity index (χ4n) is 11.2. The van der Waals surface area contributed by atoms with Crippen LogP contribution in [0.2, 0.25) is 0 Å². The second-order valence-corrected chi connectivity index (χ2v) is 30.6. The molecule has 0 saturated carbocycles. The molecule has 0 fully saturated rings. The molecule has 0 bridgehead atoms. The summed E-state index contributed by atoms with van der Waals surface area (Å²) in [7, 11) is 4.56. The fraction of sp³-hybridized carbons (Fsp3) is 0.679. The quantitative estimate of drug-likeness (QED) is 0.0175. The number of nitrogens with zero attached hydrogens (tertiary/aromatic N) is 1. The minimum atomic E-state index is -1.22. The molecule has 0 radical (unpaired) electrons. The molecule has 32 heteroatoms. The highest BCUT2D eigenvalue weighted by molar-refractivity contribution is 5.98. The zero-order valence-corrected chi connectivity index (χ0v) is 74.4. The lowest BCUT2D eigenvalue weighted by atomic mass is 9.88. The topological polar surface area (TPSA) is 498 Å². The molecular weight excluding hydrogens is 1490 g/mol. The Hall–Kier alpha value is -8.63. The summed E-state index contributed by atoms with van der Waals surface area (Å²) in [5.41, 5.74) is 14.0. The third-order valence-electron chi connectivity index (χ3n) is 17.7. The maximum absolute atomic E-state index is 13.4. The van der Waals surface area contributed by atoms with Gasteiger partial charge >= 0.3 is 5.97 Å². The molecule has 0 spiro atoms. The molecule has 17 N–H and O–H groups in total. The molecule has 0 aliphatic carbocycles. The van der Waals surface area contributed by atoms with Gasteiger partial charge in [-0.05, 0) is 179 Å². The van der Waals surface area contributed by atoms with Crippen LogP contribution < -0.4 is 70.4 Å². The van der Waals surface area contributed by atoms with Gasteiger partial charge in [-0.1, -0.05) is 102 Å². The lowest BCUT2D eigenvalue weighted by Crippen LogP contribution is -2.61. The number of rotatable bonds is 48. The van der Waals surface area contributed by atoms with Crippen molar-refractivity contribution in [1.29, 1.82) is 0 Å². The van der Waals surface area contributed by atoms with Crippen molar-refractivity contribution in [2.45, 2.75) is 318 Å². The molecule has 6 atom stereocenters. The Morgan fingerprint density at radius 1 is 0.448 bits per heavy atom. The van der Waals surface area contributed by atoms with Gasteiger partial charge in [-0.3, -0.25) is 88.1 Å². The summed E-state index contributed by atoms with van der Waals surface area (Å²) in [6.45, 7) is 38.9. The smallest absolute Gasteiger partial charge is 0.307 e. The molecule has 662 valence electrons. The van der Waals surface area contributed by atoms with Gasteiger partial charge < -0.3 is 73.7 Å². The van der Waals surface area contributed by atoms with E-state index in [0.717, 1.165) is 48.9 Å². The van der Waals surface area contributed by atoms with Crippen LogP contribution in [0.1, 0.15) is 247 Å². The third kappa shape index (κ3) is 50.8. The van der Waals surface area contributed by atoms with Crippen molar-refractivity contribution in [1.82, 2.24) is 53.2 Å². The van der Waals surface area contributed by atoms with E-state index in [1.165, 1.54) is 41.7 Å². The van der Waals surface area contributed by atoms with Crippen LogP contribution in [0.3, 0.4) is 0 Å². The van der Waals surface area contributed by atoms with E-state index >= 15 is 0 Å². The molecule has 0 aromatic heterocycles. The minimum absolute atomic E-state index is 0.00922. The summed E-state index contributed by atoms with van der Waals surface area (Å²) < 4.78 is 15.1. The van der Waals surface area contributed by atoms with Crippen LogP contribution in [0.5, 0.6) is 0 Å². The molecule has 0 saturated heterocycles. The van der Waals surface area contributed by atoms with Crippen LogP contribution in [0.25, 0.3) is 0 Å². The van der Waals surface area contributed by atoms with Crippen LogP contribution in [0, 0.1) is 0 Å². The number of likely N-dealkylation sites (N-methyl/N-ethyl adjacent to an activating group) is 3. The molecule has 32 nitrogen and oxygen atoms in total. The van der Waals surface area contributed by atoms with Crippen molar-refractivity contribution in [2.75, 3.05) is 54.2 Å². The number of esters is 1. The minimum Gasteiger partial charge on any atom is -0.438 e. The summed E-state index contributed by atoms with van der Waals surface area (Å²) in [6, 6.07) is 14.9. The van der Waals surface area contributed by atoms with Crippen molar-refractivity contribution in [2.24, 2.45) is 22.2 Å². The number of aliphatic hydroxyl groups excluding tert-OH is 1. The zero-order chi connectivity index (χ0) is 90.4. The highest BCUT2D eigenvalue weighted by Crippen LogP contribution is 2.20. The Labute approximate surface area is 691 Å². The lowest BCUT2D eigenvalue weighted by Gasteiger charge is -2.33. The monoisotopic (exact) mass is 1640 g/mol. The molecule has 0 heterocycles. The van der Waals surface area contributed by atoms with Crippen molar-refractivity contribution < 1.29 is 86.4 Å². The predicted molar refractivity (Wildman–Crippen MR) is 453 cm³/mol. The average molecular weight is 1640 g/mol. The molecule has 8 amide bonds. The summed E-state index contributed by atoms with van der Waals surface area (Å²) in [4.78, 5) is 169. The number of hydrogen-bond donors (Lipinski definition) is 14. The van der Waals surface area contributed by atoms with Crippen molar-refractivity contribution >= 4 is 87.9 Å². The van der Waals surface area contributed by atoms with Gasteiger partial charge in [0.1, 0.15) is 22.9 Å². The van der Waals surface area contributed by atoms with Crippen LogP contribution >= 0.6 is 0 Å². The number of ether oxygens (including phenoxy) is 3. The van der Waals surface area contributed by atoms with Crippen LogP contribution in [-0.2, 0) is 94.2 Å². The number of Topliss-reactive ketones (excluding diaryl/α,β-unsaturated/α-hetero) is 5. The first kappa shape index (κ1) is 114. The number of nitrogens with one attached hydrogen (secondary N) is 10.